The maximum absolute atomic E-state index is 12.1. The summed E-state index contributed by atoms with van der Waals surface area (Å²) in [7, 11) is 3.06. The van der Waals surface area contributed by atoms with Crippen LogP contribution in [0.1, 0.15) is 15.4 Å². The third kappa shape index (κ3) is 3.35. The molecular formula is C12H14N4O3S. The number of carbonyl (C=O) groups excluding carboxylic acids is 1. The van der Waals surface area contributed by atoms with E-state index in [0.29, 0.717) is 27.2 Å². The van der Waals surface area contributed by atoms with E-state index in [1.54, 1.807) is 18.2 Å². The van der Waals surface area contributed by atoms with E-state index < -0.39 is 0 Å². The van der Waals surface area contributed by atoms with Crippen molar-refractivity contribution in [2.45, 2.75) is 6.54 Å². The number of carbonyl (C=O) groups is 1. The van der Waals surface area contributed by atoms with Gasteiger partial charge in [-0.1, -0.05) is 11.3 Å². The van der Waals surface area contributed by atoms with Gasteiger partial charge in [0, 0.05) is 11.6 Å². The summed E-state index contributed by atoms with van der Waals surface area (Å²) >= 11 is 1.23. The first-order chi connectivity index (χ1) is 9.62. The molecule has 0 saturated heterocycles. The number of benzene rings is 1. The Labute approximate surface area is 119 Å². The fourth-order valence-electron chi connectivity index (χ4n) is 1.53. The smallest absolute Gasteiger partial charge is 0.251 e. The van der Waals surface area contributed by atoms with Gasteiger partial charge < -0.3 is 20.5 Å². The van der Waals surface area contributed by atoms with Crippen LogP contribution < -0.4 is 20.5 Å². The minimum absolute atomic E-state index is 0.254. The van der Waals surface area contributed by atoms with Gasteiger partial charge in [-0.25, -0.2) is 0 Å². The number of hydrogen-bond donors (Lipinski definition) is 2. The van der Waals surface area contributed by atoms with Crippen LogP contribution in [0.25, 0.3) is 0 Å². The van der Waals surface area contributed by atoms with E-state index in [0.717, 1.165) is 0 Å². The monoisotopic (exact) mass is 294 g/mol. The van der Waals surface area contributed by atoms with Crippen molar-refractivity contribution in [2.75, 3.05) is 20.0 Å². The summed E-state index contributed by atoms with van der Waals surface area (Å²) < 4.78 is 10.2. The molecule has 2 rings (SSSR count). The molecule has 2 aromatic rings. The molecule has 8 heteroatoms. The first-order valence-electron chi connectivity index (χ1n) is 5.71. The van der Waals surface area contributed by atoms with Gasteiger partial charge in [0.25, 0.3) is 5.91 Å². The number of aromatic nitrogens is 2. The molecule has 0 fully saturated rings. The van der Waals surface area contributed by atoms with Crippen molar-refractivity contribution in [3.8, 4) is 11.5 Å². The number of nitrogens with zero attached hydrogens (tertiary/aromatic N) is 2. The van der Waals surface area contributed by atoms with E-state index in [1.807, 2.05) is 0 Å². The third-order valence-corrected chi connectivity index (χ3v) is 3.25. The van der Waals surface area contributed by atoms with Crippen LogP contribution in [0.15, 0.2) is 18.2 Å². The quantitative estimate of drug-likeness (QED) is 0.855. The summed E-state index contributed by atoms with van der Waals surface area (Å²) in [6, 6.07) is 4.96. The number of ether oxygens (including phenoxy) is 2. The third-order valence-electron chi connectivity index (χ3n) is 2.50. The van der Waals surface area contributed by atoms with Crippen LogP contribution in [-0.2, 0) is 6.54 Å². The highest BCUT2D eigenvalue weighted by Crippen LogP contribution is 2.22. The predicted octanol–water partition coefficient (Wildman–Crippen LogP) is 1.07. The van der Waals surface area contributed by atoms with Gasteiger partial charge >= 0.3 is 0 Å². The molecule has 1 amide bonds. The molecule has 1 aromatic heterocycles. The Morgan fingerprint density at radius 2 is 1.90 bits per heavy atom. The summed E-state index contributed by atoms with van der Waals surface area (Å²) in [6.45, 7) is 0.271. The average molecular weight is 294 g/mol. The van der Waals surface area contributed by atoms with E-state index in [1.165, 1.54) is 25.6 Å². The first-order valence-corrected chi connectivity index (χ1v) is 6.53. The molecule has 0 aliphatic heterocycles. The molecular weight excluding hydrogens is 280 g/mol. The molecule has 0 bridgehead atoms. The molecule has 0 aliphatic rings. The SMILES string of the molecule is COc1cc(OC)cc(C(=O)NCc2nnc(N)s2)c1. The summed E-state index contributed by atoms with van der Waals surface area (Å²) in [5.41, 5.74) is 5.91. The van der Waals surface area contributed by atoms with Gasteiger partial charge in [-0.15, -0.1) is 10.2 Å². The summed E-state index contributed by atoms with van der Waals surface area (Å²) in [4.78, 5) is 12.1. The number of anilines is 1. The van der Waals surface area contributed by atoms with E-state index in [4.69, 9.17) is 15.2 Å². The summed E-state index contributed by atoms with van der Waals surface area (Å²) in [6.07, 6.45) is 0. The summed E-state index contributed by atoms with van der Waals surface area (Å²) in [5, 5.41) is 11.3. The lowest BCUT2D eigenvalue weighted by Crippen LogP contribution is -2.22. The topological polar surface area (TPSA) is 99.4 Å². The normalized spacial score (nSPS) is 10.1. The largest absolute Gasteiger partial charge is 0.497 e. The lowest BCUT2D eigenvalue weighted by atomic mass is 10.2. The Morgan fingerprint density at radius 1 is 1.25 bits per heavy atom. The lowest BCUT2D eigenvalue weighted by molar-refractivity contribution is 0.0950. The second-order valence-corrected chi connectivity index (χ2v) is 4.91. The van der Waals surface area contributed by atoms with E-state index in [2.05, 4.69) is 15.5 Å². The summed E-state index contributed by atoms with van der Waals surface area (Å²) in [5.74, 6) is 0.847. The molecule has 0 unspecified atom stereocenters. The van der Waals surface area contributed by atoms with Crippen LogP contribution in [0.2, 0.25) is 0 Å². The zero-order valence-corrected chi connectivity index (χ0v) is 11.9. The molecule has 1 heterocycles. The number of methoxy groups -OCH3 is 2. The van der Waals surface area contributed by atoms with Gasteiger partial charge in [-0.05, 0) is 12.1 Å². The zero-order chi connectivity index (χ0) is 14.5. The Hall–Kier alpha value is -2.35. The first kappa shape index (κ1) is 14.1. The molecule has 3 N–H and O–H groups in total. The van der Waals surface area contributed by atoms with Gasteiger partial charge in [-0.2, -0.15) is 0 Å². The molecule has 1 aromatic carbocycles. The molecule has 0 atom stereocenters. The van der Waals surface area contributed by atoms with E-state index >= 15 is 0 Å². The number of nitrogens with one attached hydrogen (secondary N) is 1. The van der Waals surface area contributed by atoms with Gasteiger partial charge in [0.2, 0.25) is 5.13 Å². The maximum atomic E-state index is 12.1. The lowest BCUT2D eigenvalue weighted by Gasteiger charge is -2.08. The average Bonchev–Trinajstić information content (AvgIpc) is 2.89. The van der Waals surface area contributed by atoms with Crippen molar-refractivity contribution in [3.63, 3.8) is 0 Å². The predicted molar refractivity (Wildman–Crippen MR) is 75.0 cm³/mol. The van der Waals surface area contributed by atoms with Crippen molar-refractivity contribution >= 4 is 22.4 Å². The minimum atomic E-state index is -0.254. The Kier molecular flexibility index (Phi) is 4.36. The molecule has 106 valence electrons. The number of amides is 1. The van der Waals surface area contributed by atoms with E-state index in [9.17, 15) is 4.79 Å². The molecule has 0 aliphatic carbocycles. The van der Waals surface area contributed by atoms with Crippen LogP contribution in [0.4, 0.5) is 5.13 Å². The van der Waals surface area contributed by atoms with Gasteiger partial charge in [-0.3, -0.25) is 4.79 Å². The Balaban J connectivity index is 2.08. The van der Waals surface area contributed by atoms with Gasteiger partial charge in [0.05, 0.1) is 20.8 Å². The van der Waals surface area contributed by atoms with Gasteiger partial charge in [0.15, 0.2) is 0 Å². The van der Waals surface area contributed by atoms with Crippen molar-refractivity contribution < 1.29 is 14.3 Å². The Bertz CT molecular complexity index is 592. The second-order valence-electron chi connectivity index (χ2n) is 3.82. The van der Waals surface area contributed by atoms with Crippen molar-refractivity contribution in [3.05, 3.63) is 28.8 Å². The fraction of sp³-hybridized carbons (Fsp3) is 0.250. The van der Waals surface area contributed by atoms with Crippen molar-refractivity contribution in [2.24, 2.45) is 0 Å². The number of hydrogen-bond acceptors (Lipinski definition) is 7. The number of nitrogen functional groups attached to an aromatic ring is 1. The molecule has 20 heavy (non-hydrogen) atoms. The standard InChI is InChI=1S/C12H14N4O3S/c1-18-8-3-7(4-9(5-8)19-2)11(17)14-6-10-15-16-12(13)20-10/h3-5H,6H2,1-2H3,(H2,13,16)(H,14,17). The Morgan fingerprint density at radius 3 is 2.40 bits per heavy atom. The highest BCUT2D eigenvalue weighted by molar-refractivity contribution is 7.15. The highest BCUT2D eigenvalue weighted by Gasteiger charge is 2.10. The molecule has 0 spiro atoms. The van der Waals surface area contributed by atoms with E-state index in [-0.39, 0.29) is 12.5 Å². The van der Waals surface area contributed by atoms with Crippen LogP contribution >= 0.6 is 11.3 Å². The minimum Gasteiger partial charge on any atom is -0.497 e. The maximum Gasteiger partial charge on any atom is 0.251 e. The zero-order valence-electron chi connectivity index (χ0n) is 11.0. The second kappa shape index (κ2) is 6.20. The van der Waals surface area contributed by atoms with Crippen molar-refractivity contribution in [1.29, 1.82) is 0 Å². The number of nitrogens with two attached hydrogens (primary N) is 1. The fourth-order valence-corrected chi connectivity index (χ4v) is 2.08. The van der Waals surface area contributed by atoms with Crippen LogP contribution in [0, 0.1) is 0 Å². The van der Waals surface area contributed by atoms with Crippen molar-refractivity contribution in [1.82, 2.24) is 15.5 Å². The molecule has 0 saturated carbocycles. The molecule has 0 radical (unpaired) electrons. The van der Waals surface area contributed by atoms with Gasteiger partial charge in [0.1, 0.15) is 16.5 Å². The molecule has 7 nitrogen and oxygen atoms in total. The highest BCUT2D eigenvalue weighted by atomic mass is 32.1. The van der Waals surface area contributed by atoms with Crippen LogP contribution in [-0.4, -0.2) is 30.3 Å². The van der Waals surface area contributed by atoms with Crippen LogP contribution in [0.5, 0.6) is 11.5 Å². The number of rotatable bonds is 5. The van der Waals surface area contributed by atoms with Crippen LogP contribution in [0.3, 0.4) is 0 Å².